The molecule has 0 saturated heterocycles. The summed E-state index contributed by atoms with van der Waals surface area (Å²) in [5.74, 6) is 1.30. The van der Waals surface area contributed by atoms with E-state index >= 15 is 0 Å². The molecular weight excluding hydrogens is 422 g/mol. The standard InChI is InChI=1S/C26H18ClN3O2/c1-31-16-13-11-15(12-14-16)21-24(27)28-25-22-19-9-5-3-7-17(19)18-8-4-6-10-20(18)23(22)29-30(25)26(21)32-2/h3-14H,1-2H3. The van der Waals surface area contributed by atoms with Gasteiger partial charge in [-0.15, -0.1) is 0 Å². The molecule has 6 aromatic rings. The fourth-order valence-electron chi connectivity index (χ4n) is 4.48. The number of nitrogens with zero attached hydrogens (tertiary/aromatic N) is 3. The fraction of sp³-hybridized carbons (Fsp3) is 0.0769. The van der Waals surface area contributed by atoms with Crippen LogP contribution in [0.5, 0.6) is 11.6 Å². The first kappa shape index (κ1) is 18.9. The molecule has 6 heteroatoms. The molecule has 0 aliphatic rings. The van der Waals surface area contributed by atoms with Gasteiger partial charge in [-0.1, -0.05) is 72.3 Å². The third-order valence-corrected chi connectivity index (χ3v) is 6.19. The maximum atomic E-state index is 6.76. The van der Waals surface area contributed by atoms with E-state index in [9.17, 15) is 0 Å². The second kappa shape index (κ2) is 7.11. The van der Waals surface area contributed by atoms with E-state index in [1.807, 2.05) is 42.5 Å². The molecule has 4 aromatic carbocycles. The SMILES string of the molecule is COc1ccc(-c2c(Cl)nc3c4c5ccccc5c5ccccc5c4nn3c2OC)cc1. The minimum absolute atomic E-state index is 0.360. The topological polar surface area (TPSA) is 48.7 Å². The molecule has 0 saturated carbocycles. The van der Waals surface area contributed by atoms with Crippen LogP contribution in [0.2, 0.25) is 5.15 Å². The lowest BCUT2D eigenvalue weighted by Gasteiger charge is -2.12. The highest BCUT2D eigenvalue weighted by atomic mass is 35.5. The Morgan fingerprint density at radius 3 is 2.03 bits per heavy atom. The van der Waals surface area contributed by atoms with Gasteiger partial charge >= 0.3 is 0 Å². The molecule has 32 heavy (non-hydrogen) atoms. The number of hydrogen-bond acceptors (Lipinski definition) is 4. The van der Waals surface area contributed by atoms with Gasteiger partial charge in [0.25, 0.3) is 0 Å². The van der Waals surface area contributed by atoms with Gasteiger partial charge in [-0.3, -0.25) is 0 Å². The predicted molar refractivity (Wildman–Crippen MR) is 129 cm³/mol. The van der Waals surface area contributed by atoms with Gasteiger partial charge in [0.05, 0.1) is 25.2 Å². The first-order valence-electron chi connectivity index (χ1n) is 10.2. The molecule has 0 amide bonds. The third kappa shape index (κ3) is 2.58. The van der Waals surface area contributed by atoms with Gasteiger partial charge in [0.1, 0.15) is 16.4 Å². The third-order valence-electron chi connectivity index (χ3n) is 5.92. The van der Waals surface area contributed by atoms with E-state index < -0.39 is 0 Å². The number of benzene rings is 4. The zero-order valence-electron chi connectivity index (χ0n) is 17.5. The van der Waals surface area contributed by atoms with Gasteiger partial charge < -0.3 is 9.47 Å². The molecule has 156 valence electrons. The quantitative estimate of drug-likeness (QED) is 0.232. The number of aromatic nitrogens is 3. The molecule has 6 rings (SSSR count). The molecule has 0 N–H and O–H groups in total. The van der Waals surface area contributed by atoms with Crippen molar-refractivity contribution < 1.29 is 9.47 Å². The van der Waals surface area contributed by atoms with Crippen LogP contribution < -0.4 is 9.47 Å². The Morgan fingerprint density at radius 1 is 0.750 bits per heavy atom. The van der Waals surface area contributed by atoms with Crippen LogP contribution in [0.25, 0.3) is 49.2 Å². The molecule has 0 spiro atoms. The summed E-state index contributed by atoms with van der Waals surface area (Å²) < 4.78 is 12.9. The average Bonchev–Trinajstić information content (AvgIpc) is 3.23. The Bertz CT molecular complexity index is 1660. The zero-order valence-corrected chi connectivity index (χ0v) is 18.2. The molecule has 0 aliphatic carbocycles. The summed E-state index contributed by atoms with van der Waals surface area (Å²) >= 11 is 6.76. The van der Waals surface area contributed by atoms with Crippen LogP contribution in [0.4, 0.5) is 0 Å². The summed E-state index contributed by atoms with van der Waals surface area (Å²) in [5, 5.41) is 10.7. The molecule has 0 radical (unpaired) electrons. The number of methoxy groups -OCH3 is 2. The second-order valence-electron chi connectivity index (χ2n) is 7.57. The molecule has 0 bridgehead atoms. The summed E-state index contributed by atoms with van der Waals surface area (Å²) in [6.07, 6.45) is 0. The Balaban J connectivity index is 1.79. The lowest BCUT2D eigenvalue weighted by atomic mass is 9.98. The predicted octanol–water partition coefficient (Wildman–Crippen LogP) is 6.53. The summed E-state index contributed by atoms with van der Waals surface area (Å²) in [7, 11) is 3.26. The Labute approximate surface area is 188 Å². The van der Waals surface area contributed by atoms with E-state index in [2.05, 4.69) is 30.3 Å². The Morgan fingerprint density at radius 2 is 1.38 bits per heavy atom. The van der Waals surface area contributed by atoms with Gasteiger partial charge in [-0.2, -0.15) is 9.61 Å². The maximum Gasteiger partial charge on any atom is 0.227 e. The zero-order chi connectivity index (χ0) is 21.8. The van der Waals surface area contributed by atoms with E-state index in [0.717, 1.165) is 43.8 Å². The highest BCUT2D eigenvalue weighted by Gasteiger charge is 2.22. The van der Waals surface area contributed by atoms with Crippen LogP contribution in [-0.2, 0) is 0 Å². The molecule has 2 heterocycles. The first-order valence-corrected chi connectivity index (χ1v) is 10.6. The normalized spacial score (nSPS) is 11.6. The molecule has 5 nitrogen and oxygen atoms in total. The van der Waals surface area contributed by atoms with Crippen LogP contribution in [0.15, 0.2) is 72.8 Å². The summed E-state index contributed by atoms with van der Waals surface area (Å²) in [6.45, 7) is 0. The van der Waals surface area contributed by atoms with Crippen LogP contribution in [-0.4, -0.2) is 28.8 Å². The minimum Gasteiger partial charge on any atom is -0.497 e. The van der Waals surface area contributed by atoms with Crippen LogP contribution >= 0.6 is 11.6 Å². The molecule has 0 unspecified atom stereocenters. The number of fused-ring (bicyclic) bond motifs is 8. The Hall–Kier alpha value is -3.83. The van der Waals surface area contributed by atoms with Crippen molar-refractivity contribution in [3.63, 3.8) is 0 Å². The van der Waals surface area contributed by atoms with Gasteiger partial charge in [0.15, 0.2) is 5.65 Å². The fourth-order valence-corrected chi connectivity index (χ4v) is 4.75. The van der Waals surface area contributed by atoms with Gasteiger partial charge in [0, 0.05) is 5.39 Å². The summed E-state index contributed by atoms with van der Waals surface area (Å²) in [4.78, 5) is 4.80. The van der Waals surface area contributed by atoms with Crippen molar-refractivity contribution in [3.05, 3.63) is 77.9 Å². The van der Waals surface area contributed by atoms with Crippen molar-refractivity contribution in [1.29, 1.82) is 0 Å². The van der Waals surface area contributed by atoms with Crippen LogP contribution in [0.3, 0.4) is 0 Å². The lowest BCUT2D eigenvalue weighted by Crippen LogP contribution is -2.01. The van der Waals surface area contributed by atoms with Crippen molar-refractivity contribution in [2.45, 2.75) is 0 Å². The first-order chi connectivity index (χ1) is 15.7. The van der Waals surface area contributed by atoms with Gasteiger partial charge in [0.2, 0.25) is 5.88 Å². The van der Waals surface area contributed by atoms with E-state index in [-0.39, 0.29) is 0 Å². The van der Waals surface area contributed by atoms with Crippen LogP contribution in [0.1, 0.15) is 0 Å². The van der Waals surface area contributed by atoms with Crippen LogP contribution in [0, 0.1) is 0 Å². The largest absolute Gasteiger partial charge is 0.497 e. The number of ether oxygens (including phenoxy) is 2. The molecule has 0 fully saturated rings. The Kier molecular flexibility index (Phi) is 4.20. The van der Waals surface area contributed by atoms with Crippen molar-refractivity contribution in [3.8, 4) is 22.8 Å². The van der Waals surface area contributed by atoms with Gasteiger partial charge in [-0.05, 0) is 33.9 Å². The summed E-state index contributed by atoms with van der Waals surface area (Å²) in [6, 6.07) is 24.3. The average molecular weight is 440 g/mol. The van der Waals surface area contributed by atoms with E-state index in [4.69, 9.17) is 31.2 Å². The molecule has 2 aromatic heterocycles. The van der Waals surface area contributed by atoms with Crippen molar-refractivity contribution in [2.75, 3.05) is 14.2 Å². The minimum atomic E-state index is 0.360. The van der Waals surface area contributed by atoms with Crippen molar-refractivity contribution in [1.82, 2.24) is 14.6 Å². The maximum absolute atomic E-state index is 6.76. The highest BCUT2D eigenvalue weighted by molar-refractivity contribution is 6.33. The summed E-state index contributed by atoms with van der Waals surface area (Å²) in [5.41, 5.74) is 3.09. The number of rotatable bonds is 3. The van der Waals surface area contributed by atoms with Crippen molar-refractivity contribution in [2.24, 2.45) is 0 Å². The molecule has 0 aliphatic heterocycles. The van der Waals surface area contributed by atoms with E-state index in [0.29, 0.717) is 22.2 Å². The highest BCUT2D eigenvalue weighted by Crippen LogP contribution is 2.41. The molecular formula is C26H18ClN3O2. The number of halogens is 1. The van der Waals surface area contributed by atoms with Gasteiger partial charge in [-0.25, -0.2) is 4.98 Å². The molecule has 0 atom stereocenters. The lowest BCUT2D eigenvalue weighted by molar-refractivity contribution is 0.387. The van der Waals surface area contributed by atoms with E-state index in [1.165, 1.54) is 0 Å². The second-order valence-corrected chi connectivity index (χ2v) is 7.92. The van der Waals surface area contributed by atoms with E-state index in [1.54, 1.807) is 18.7 Å². The number of hydrogen-bond donors (Lipinski definition) is 0. The van der Waals surface area contributed by atoms with Crippen molar-refractivity contribution >= 4 is 49.7 Å². The monoisotopic (exact) mass is 439 g/mol. The smallest absolute Gasteiger partial charge is 0.227 e.